The maximum atomic E-state index is 12.8. The first-order valence-corrected chi connectivity index (χ1v) is 7.86. The maximum absolute atomic E-state index is 12.8. The standard InChI is InChI=1S/C16H18Cl2N2O2/c1-5-20-16(22-6-2)12(8-19-20)15(21)11-7-9(3)13(17)10(4)14(11)18/h7-8H,5-6H2,1-4H3. The highest BCUT2D eigenvalue weighted by molar-refractivity contribution is 6.39. The minimum absolute atomic E-state index is 0.212. The van der Waals surface area contributed by atoms with Gasteiger partial charge in [0.2, 0.25) is 11.7 Å². The van der Waals surface area contributed by atoms with Gasteiger partial charge in [0.25, 0.3) is 0 Å². The van der Waals surface area contributed by atoms with Gasteiger partial charge in [-0.3, -0.25) is 4.79 Å². The Bertz CT molecular complexity index is 723. The van der Waals surface area contributed by atoms with E-state index in [0.29, 0.717) is 45.8 Å². The first-order valence-electron chi connectivity index (χ1n) is 7.10. The van der Waals surface area contributed by atoms with E-state index in [9.17, 15) is 4.79 Å². The second-order valence-corrected chi connectivity index (χ2v) is 5.69. The Labute approximate surface area is 140 Å². The SMILES string of the molecule is CCOc1c(C(=O)c2cc(C)c(Cl)c(C)c2Cl)cnn1CC. The molecule has 0 spiro atoms. The lowest BCUT2D eigenvalue weighted by atomic mass is 10.0. The summed E-state index contributed by atoms with van der Waals surface area (Å²) >= 11 is 12.5. The second-order valence-electron chi connectivity index (χ2n) is 4.94. The highest BCUT2D eigenvalue weighted by Gasteiger charge is 2.23. The highest BCUT2D eigenvalue weighted by Crippen LogP contribution is 2.33. The van der Waals surface area contributed by atoms with Crippen molar-refractivity contribution in [1.29, 1.82) is 0 Å². The molecule has 0 amide bonds. The molecule has 0 unspecified atom stereocenters. The van der Waals surface area contributed by atoms with Crippen LogP contribution in [0.3, 0.4) is 0 Å². The summed E-state index contributed by atoms with van der Waals surface area (Å²) in [6.07, 6.45) is 1.52. The van der Waals surface area contributed by atoms with E-state index in [0.717, 1.165) is 5.56 Å². The number of carbonyl (C=O) groups is 1. The molecule has 2 rings (SSSR count). The van der Waals surface area contributed by atoms with Gasteiger partial charge in [-0.2, -0.15) is 5.10 Å². The summed E-state index contributed by atoms with van der Waals surface area (Å²) in [5.41, 5.74) is 2.34. The summed E-state index contributed by atoms with van der Waals surface area (Å²) in [7, 11) is 0. The van der Waals surface area contributed by atoms with Gasteiger partial charge < -0.3 is 4.74 Å². The molecule has 1 heterocycles. The van der Waals surface area contributed by atoms with E-state index >= 15 is 0 Å². The fraction of sp³-hybridized carbons (Fsp3) is 0.375. The van der Waals surface area contributed by atoms with Crippen molar-refractivity contribution < 1.29 is 9.53 Å². The monoisotopic (exact) mass is 340 g/mol. The van der Waals surface area contributed by atoms with Crippen LogP contribution in [0.25, 0.3) is 0 Å². The number of rotatable bonds is 5. The van der Waals surface area contributed by atoms with Gasteiger partial charge in [-0.05, 0) is 44.9 Å². The Morgan fingerprint density at radius 3 is 2.50 bits per heavy atom. The van der Waals surface area contributed by atoms with Crippen LogP contribution in [0.2, 0.25) is 10.0 Å². The number of hydrogen-bond acceptors (Lipinski definition) is 3. The van der Waals surface area contributed by atoms with Gasteiger partial charge >= 0.3 is 0 Å². The lowest BCUT2D eigenvalue weighted by Crippen LogP contribution is -2.09. The average molecular weight is 341 g/mol. The quantitative estimate of drug-likeness (QED) is 0.755. The third-order valence-corrected chi connectivity index (χ3v) is 4.53. The summed E-state index contributed by atoms with van der Waals surface area (Å²) in [5.74, 6) is 0.257. The molecule has 0 aliphatic rings. The third kappa shape index (κ3) is 2.85. The number of benzene rings is 1. The molecule has 2 aromatic rings. The average Bonchev–Trinajstić information content (AvgIpc) is 2.91. The first kappa shape index (κ1) is 16.8. The molecule has 0 aliphatic carbocycles. The van der Waals surface area contributed by atoms with Crippen LogP contribution >= 0.6 is 23.2 Å². The molecule has 6 heteroatoms. The molecule has 0 aliphatic heterocycles. The molecule has 118 valence electrons. The van der Waals surface area contributed by atoms with Crippen LogP contribution in [0, 0.1) is 13.8 Å². The van der Waals surface area contributed by atoms with E-state index in [1.54, 1.807) is 17.7 Å². The largest absolute Gasteiger partial charge is 0.478 e. The number of ketones is 1. The first-order chi connectivity index (χ1) is 10.4. The Morgan fingerprint density at radius 2 is 1.91 bits per heavy atom. The van der Waals surface area contributed by atoms with E-state index in [4.69, 9.17) is 27.9 Å². The Morgan fingerprint density at radius 1 is 1.23 bits per heavy atom. The summed E-state index contributed by atoms with van der Waals surface area (Å²) in [4.78, 5) is 12.8. The lowest BCUT2D eigenvalue weighted by Gasteiger charge is -2.12. The van der Waals surface area contributed by atoms with Crippen molar-refractivity contribution in [2.75, 3.05) is 6.61 Å². The van der Waals surface area contributed by atoms with Crippen molar-refractivity contribution in [3.05, 3.63) is 44.6 Å². The molecule has 1 aromatic heterocycles. The van der Waals surface area contributed by atoms with Crippen molar-refractivity contribution in [2.45, 2.75) is 34.2 Å². The summed E-state index contributed by atoms with van der Waals surface area (Å²) in [6.45, 7) is 8.53. The molecular weight excluding hydrogens is 323 g/mol. The lowest BCUT2D eigenvalue weighted by molar-refractivity contribution is 0.103. The van der Waals surface area contributed by atoms with Crippen LogP contribution in [0.5, 0.6) is 5.88 Å². The van der Waals surface area contributed by atoms with Crippen LogP contribution in [0.1, 0.15) is 40.9 Å². The summed E-state index contributed by atoms with van der Waals surface area (Å²) in [5, 5.41) is 5.14. The number of halogens is 2. The van der Waals surface area contributed by atoms with E-state index in [2.05, 4.69) is 5.10 Å². The minimum atomic E-state index is -0.212. The Hall–Kier alpha value is -1.52. The molecular formula is C16H18Cl2N2O2. The zero-order valence-electron chi connectivity index (χ0n) is 13.0. The van der Waals surface area contributed by atoms with Crippen LogP contribution in [-0.2, 0) is 6.54 Å². The van der Waals surface area contributed by atoms with Crippen molar-refractivity contribution >= 4 is 29.0 Å². The van der Waals surface area contributed by atoms with Crippen molar-refractivity contribution in [3.8, 4) is 5.88 Å². The molecule has 0 fully saturated rings. The zero-order chi connectivity index (χ0) is 16.4. The predicted octanol–water partition coefficient (Wildman–Crippen LogP) is 4.46. The second kappa shape index (κ2) is 6.71. The van der Waals surface area contributed by atoms with Crippen LogP contribution in [-0.4, -0.2) is 22.2 Å². The number of aromatic nitrogens is 2. The normalized spacial score (nSPS) is 10.8. The van der Waals surface area contributed by atoms with Crippen molar-refractivity contribution in [2.24, 2.45) is 0 Å². The van der Waals surface area contributed by atoms with Gasteiger partial charge in [0.1, 0.15) is 5.56 Å². The smallest absolute Gasteiger partial charge is 0.223 e. The molecule has 1 aromatic carbocycles. The van der Waals surface area contributed by atoms with Crippen molar-refractivity contribution in [1.82, 2.24) is 9.78 Å². The number of aryl methyl sites for hydroxylation is 2. The molecule has 0 saturated carbocycles. The molecule has 0 radical (unpaired) electrons. The van der Waals surface area contributed by atoms with Gasteiger partial charge in [-0.15, -0.1) is 0 Å². The van der Waals surface area contributed by atoms with Gasteiger partial charge in [0, 0.05) is 17.1 Å². The van der Waals surface area contributed by atoms with Gasteiger partial charge in [0.05, 0.1) is 17.8 Å². The van der Waals surface area contributed by atoms with Gasteiger partial charge in [-0.1, -0.05) is 23.2 Å². The predicted molar refractivity (Wildman–Crippen MR) is 88.4 cm³/mol. The zero-order valence-corrected chi connectivity index (χ0v) is 14.5. The number of hydrogen-bond donors (Lipinski definition) is 0. The Kier molecular flexibility index (Phi) is 5.14. The fourth-order valence-electron chi connectivity index (χ4n) is 2.29. The van der Waals surface area contributed by atoms with Crippen molar-refractivity contribution in [3.63, 3.8) is 0 Å². The maximum Gasteiger partial charge on any atom is 0.223 e. The molecule has 4 nitrogen and oxygen atoms in total. The van der Waals surface area contributed by atoms with Crippen LogP contribution < -0.4 is 4.74 Å². The van der Waals surface area contributed by atoms with Gasteiger partial charge in [0.15, 0.2) is 0 Å². The minimum Gasteiger partial charge on any atom is -0.478 e. The van der Waals surface area contributed by atoms with Gasteiger partial charge in [-0.25, -0.2) is 4.68 Å². The van der Waals surface area contributed by atoms with Crippen LogP contribution in [0.15, 0.2) is 12.3 Å². The summed E-state index contributed by atoms with van der Waals surface area (Å²) in [6, 6.07) is 1.71. The number of ether oxygens (including phenoxy) is 1. The number of nitrogens with zero attached hydrogens (tertiary/aromatic N) is 2. The molecule has 0 N–H and O–H groups in total. The fourth-order valence-corrected chi connectivity index (χ4v) is 2.72. The highest BCUT2D eigenvalue weighted by atomic mass is 35.5. The molecule has 0 bridgehead atoms. The third-order valence-electron chi connectivity index (χ3n) is 3.46. The summed E-state index contributed by atoms with van der Waals surface area (Å²) < 4.78 is 7.23. The van der Waals surface area contributed by atoms with E-state index in [1.807, 2.05) is 20.8 Å². The Balaban J connectivity index is 2.56. The van der Waals surface area contributed by atoms with E-state index in [-0.39, 0.29) is 5.78 Å². The molecule has 22 heavy (non-hydrogen) atoms. The molecule has 0 atom stereocenters. The number of carbonyl (C=O) groups excluding carboxylic acids is 1. The molecule has 0 saturated heterocycles. The van der Waals surface area contributed by atoms with Crippen LogP contribution in [0.4, 0.5) is 0 Å². The topological polar surface area (TPSA) is 44.1 Å². The van der Waals surface area contributed by atoms with E-state index < -0.39 is 0 Å². The van der Waals surface area contributed by atoms with E-state index in [1.165, 1.54) is 6.20 Å².